The van der Waals surface area contributed by atoms with Crippen molar-refractivity contribution in [2.45, 2.75) is 52.7 Å². The molecule has 66 valence electrons. The molecule has 0 aliphatic heterocycles. The van der Waals surface area contributed by atoms with E-state index in [4.69, 9.17) is 0 Å². The average molecular weight is 158 g/mol. The van der Waals surface area contributed by atoms with Gasteiger partial charge in [-0.15, -0.1) is 0 Å². The summed E-state index contributed by atoms with van der Waals surface area (Å²) in [6.07, 6.45) is 0. The normalized spacial score (nSPS) is 15.3. The maximum atomic E-state index is 11.6. The fourth-order valence-corrected chi connectivity index (χ4v) is 0.725. The van der Waals surface area contributed by atoms with Crippen LogP contribution in [0.3, 0.4) is 0 Å². The summed E-state index contributed by atoms with van der Waals surface area (Å²) in [4.78, 5) is 0. The molecule has 0 rings (SSSR count). The minimum atomic E-state index is -1.18. The van der Waals surface area contributed by atoms with E-state index in [0.717, 1.165) is 0 Å². The second-order valence-electron chi connectivity index (χ2n) is 4.65. The van der Waals surface area contributed by atoms with Crippen molar-refractivity contribution in [1.29, 1.82) is 0 Å². The Kier molecular flexibility index (Phi) is 2.44. The summed E-state index contributed by atoms with van der Waals surface area (Å²) in [5.41, 5.74) is -3.10. The quantitative estimate of drug-likeness (QED) is 0.592. The Hall–Kier alpha value is -0.0800. The van der Waals surface area contributed by atoms with Crippen LogP contribution in [0.25, 0.3) is 0 Å². The summed E-state index contributed by atoms with van der Waals surface area (Å²) in [6, 6.07) is 0. The van der Waals surface area contributed by atoms with E-state index in [1.165, 1.54) is 0 Å². The Morgan fingerprint density at radius 3 is 0.818 bits per heavy atom. The van der Waals surface area contributed by atoms with E-state index in [2.05, 4.69) is 0 Å². The smallest absolute Gasteiger partial charge is 0.106 e. The maximum Gasteiger partial charge on any atom is 0.106 e. The molecule has 0 spiro atoms. The Morgan fingerprint density at radius 2 is 0.818 bits per heavy atom. The molecule has 2 nitrogen and oxygen atoms in total. The molecule has 2 heteroatoms. The first-order valence-electron chi connectivity index (χ1n) is 3.91. The van der Waals surface area contributed by atoms with Crippen LogP contribution < -0.4 is 0 Å². The van der Waals surface area contributed by atoms with E-state index in [1.54, 1.807) is 41.5 Å². The van der Waals surface area contributed by atoms with Gasteiger partial charge < -0.3 is 0 Å². The van der Waals surface area contributed by atoms with E-state index >= 15 is 0 Å². The standard InChI is InChI=1S/C9H18O2/c1-7(2,8(3,4)10)9(5,6)11/h1-6H3. The van der Waals surface area contributed by atoms with Gasteiger partial charge in [0, 0.05) is 5.41 Å². The zero-order chi connectivity index (χ0) is 9.50. The van der Waals surface area contributed by atoms with Crippen LogP contribution >= 0.6 is 0 Å². The van der Waals surface area contributed by atoms with Gasteiger partial charge in [-0.3, -0.25) is 0 Å². The summed E-state index contributed by atoms with van der Waals surface area (Å²) in [6.45, 7) is 9.71. The second kappa shape index (κ2) is 2.46. The molecular weight excluding hydrogens is 140 g/mol. The molecule has 0 bridgehead atoms. The summed E-state index contributed by atoms with van der Waals surface area (Å²) in [7, 11) is 0. The van der Waals surface area contributed by atoms with Gasteiger partial charge >= 0.3 is 0 Å². The highest BCUT2D eigenvalue weighted by Gasteiger charge is 2.48. The van der Waals surface area contributed by atoms with Gasteiger partial charge in [0.15, 0.2) is 0 Å². The Balaban J connectivity index is 4.75. The highest BCUT2D eigenvalue weighted by molar-refractivity contribution is 4.96. The van der Waals surface area contributed by atoms with Gasteiger partial charge in [0.05, 0.1) is 0 Å². The SMILES string of the molecule is CC(C)([O])C(C)(C)C(C)(C)[O]. The van der Waals surface area contributed by atoms with E-state index in [9.17, 15) is 10.2 Å². The molecule has 0 aliphatic carbocycles. The van der Waals surface area contributed by atoms with Gasteiger partial charge in [-0.05, 0) is 27.7 Å². The molecule has 0 unspecified atom stereocenters. The largest absolute Gasteiger partial charge is 0.229 e. The van der Waals surface area contributed by atoms with E-state index < -0.39 is 16.6 Å². The fraction of sp³-hybridized carbons (Fsp3) is 1.00. The molecule has 0 aromatic rings. The molecule has 11 heavy (non-hydrogen) atoms. The van der Waals surface area contributed by atoms with Crippen molar-refractivity contribution in [2.75, 3.05) is 0 Å². The van der Waals surface area contributed by atoms with Crippen LogP contribution in [0.2, 0.25) is 0 Å². The van der Waals surface area contributed by atoms with Crippen molar-refractivity contribution >= 4 is 0 Å². The Morgan fingerprint density at radius 1 is 0.636 bits per heavy atom. The van der Waals surface area contributed by atoms with Gasteiger partial charge in [0.1, 0.15) is 11.2 Å². The van der Waals surface area contributed by atoms with Crippen LogP contribution in [-0.2, 0) is 10.2 Å². The van der Waals surface area contributed by atoms with E-state index in [0.29, 0.717) is 0 Å². The highest BCUT2D eigenvalue weighted by Crippen LogP contribution is 2.41. The Bertz CT molecular complexity index is 119. The molecule has 0 N–H and O–H groups in total. The first kappa shape index (κ1) is 10.9. The van der Waals surface area contributed by atoms with Crippen molar-refractivity contribution in [1.82, 2.24) is 0 Å². The summed E-state index contributed by atoms with van der Waals surface area (Å²) < 4.78 is 0. The highest BCUT2D eigenvalue weighted by atomic mass is 16.3. The minimum absolute atomic E-state index is 0.736. The molecule has 0 saturated carbocycles. The van der Waals surface area contributed by atoms with E-state index in [1.807, 2.05) is 0 Å². The van der Waals surface area contributed by atoms with Crippen molar-refractivity contribution in [3.8, 4) is 0 Å². The van der Waals surface area contributed by atoms with Crippen LogP contribution in [-0.4, -0.2) is 11.2 Å². The first-order valence-corrected chi connectivity index (χ1v) is 3.91. The molecule has 0 aromatic heterocycles. The number of rotatable bonds is 2. The molecular formula is C9H18O2. The Labute approximate surface area is 69.2 Å². The second-order valence-corrected chi connectivity index (χ2v) is 4.65. The third-order valence-electron chi connectivity index (χ3n) is 3.01. The molecule has 0 amide bonds. The van der Waals surface area contributed by atoms with Crippen LogP contribution in [0.4, 0.5) is 0 Å². The van der Waals surface area contributed by atoms with E-state index in [-0.39, 0.29) is 0 Å². The molecule has 0 aromatic carbocycles. The van der Waals surface area contributed by atoms with Crippen molar-refractivity contribution in [3.63, 3.8) is 0 Å². The average Bonchev–Trinajstić information content (AvgIpc) is 1.58. The van der Waals surface area contributed by atoms with Gasteiger partial charge in [-0.2, -0.15) is 0 Å². The zero-order valence-corrected chi connectivity index (χ0v) is 8.32. The van der Waals surface area contributed by atoms with Gasteiger partial charge in [-0.25, -0.2) is 10.2 Å². The lowest BCUT2D eigenvalue weighted by atomic mass is 9.67. The third-order valence-corrected chi connectivity index (χ3v) is 3.01. The predicted molar refractivity (Wildman–Crippen MR) is 43.3 cm³/mol. The van der Waals surface area contributed by atoms with Crippen molar-refractivity contribution < 1.29 is 10.2 Å². The maximum absolute atomic E-state index is 11.6. The topological polar surface area (TPSA) is 39.8 Å². The lowest BCUT2D eigenvalue weighted by Crippen LogP contribution is -2.51. The molecule has 0 heterocycles. The van der Waals surface area contributed by atoms with Gasteiger partial charge in [-0.1, -0.05) is 13.8 Å². The molecule has 0 fully saturated rings. The van der Waals surface area contributed by atoms with Gasteiger partial charge in [0.25, 0.3) is 0 Å². The third kappa shape index (κ3) is 1.94. The van der Waals surface area contributed by atoms with Crippen molar-refractivity contribution in [2.24, 2.45) is 5.41 Å². The molecule has 0 aliphatic rings. The van der Waals surface area contributed by atoms with Crippen LogP contribution in [0, 0.1) is 5.41 Å². The first-order chi connectivity index (χ1) is 4.50. The monoisotopic (exact) mass is 158 g/mol. The summed E-state index contributed by atoms with van der Waals surface area (Å²) in [5, 5.41) is 23.1. The predicted octanol–water partition coefficient (Wildman–Crippen LogP) is 2.43. The lowest BCUT2D eigenvalue weighted by molar-refractivity contribution is -0.196. The fourth-order valence-electron chi connectivity index (χ4n) is 0.725. The lowest BCUT2D eigenvalue weighted by Gasteiger charge is -2.42. The van der Waals surface area contributed by atoms with Crippen LogP contribution in [0.5, 0.6) is 0 Å². The van der Waals surface area contributed by atoms with Crippen LogP contribution in [0.1, 0.15) is 41.5 Å². The summed E-state index contributed by atoms with van der Waals surface area (Å²) >= 11 is 0. The summed E-state index contributed by atoms with van der Waals surface area (Å²) in [5.74, 6) is 0. The zero-order valence-electron chi connectivity index (χ0n) is 8.32. The van der Waals surface area contributed by atoms with Crippen LogP contribution in [0.15, 0.2) is 0 Å². The van der Waals surface area contributed by atoms with Crippen molar-refractivity contribution in [3.05, 3.63) is 0 Å². The number of hydrogen-bond donors (Lipinski definition) is 0. The number of hydrogen-bond acceptors (Lipinski definition) is 0. The van der Waals surface area contributed by atoms with Gasteiger partial charge in [0.2, 0.25) is 0 Å². The molecule has 0 atom stereocenters. The molecule has 0 saturated heterocycles. The molecule has 2 radical (unpaired) electrons. The minimum Gasteiger partial charge on any atom is -0.229 e.